The monoisotopic (exact) mass is 710 g/mol. The van der Waals surface area contributed by atoms with Crippen molar-refractivity contribution >= 4 is 89.9 Å². The Labute approximate surface area is 267 Å². The lowest BCUT2D eigenvalue weighted by Crippen LogP contribution is -2.38. The van der Waals surface area contributed by atoms with Crippen molar-refractivity contribution in [2.45, 2.75) is 19.3 Å². The number of nitrogen functional groups attached to an aromatic ring is 4. The Hall–Kier alpha value is -4.28. The minimum absolute atomic E-state index is 0.0497. The van der Waals surface area contributed by atoms with Crippen LogP contribution in [0.4, 0.5) is 23.3 Å². The lowest BCUT2D eigenvalue weighted by Gasteiger charge is -2.08. The summed E-state index contributed by atoms with van der Waals surface area (Å²) in [6, 6.07) is 0. The van der Waals surface area contributed by atoms with Gasteiger partial charge in [0.2, 0.25) is 0 Å². The molecule has 0 atom stereocenters. The van der Waals surface area contributed by atoms with Crippen LogP contribution in [-0.2, 0) is 19.7 Å². The number of hydrogen-bond acceptors (Lipinski definition) is 16. The lowest BCUT2D eigenvalue weighted by atomic mass is 10.4. The Morgan fingerprint density at radius 3 is 1.29 bits per heavy atom. The topological polar surface area (TPSA) is 359 Å². The Kier molecular flexibility index (Phi) is 13.2. The van der Waals surface area contributed by atoms with Gasteiger partial charge >= 0.3 is 0 Å². The number of guanidine groups is 2. The number of nitrogens with two attached hydrogens (primary N) is 6. The van der Waals surface area contributed by atoms with Gasteiger partial charge in [0.15, 0.2) is 56.9 Å². The van der Waals surface area contributed by atoms with Crippen LogP contribution in [0, 0.1) is 0 Å². The van der Waals surface area contributed by atoms with Crippen molar-refractivity contribution < 1.29 is 26.4 Å². The smallest absolute Gasteiger partial charge is 0.280 e. The number of nitrogens with one attached hydrogen (secondary N) is 2. The van der Waals surface area contributed by atoms with Crippen LogP contribution in [0.3, 0.4) is 0 Å². The molecule has 0 fully saturated rings. The fourth-order valence-corrected chi connectivity index (χ4v) is 6.47. The van der Waals surface area contributed by atoms with Crippen molar-refractivity contribution in [1.82, 2.24) is 30.6 Å². The van der Waals surface area contributed by atoms with Crippen molar-refractivity contribution in [1.29, 1.82) is 0 Å². The van der Waals surface area contributed by atoms with E-state index in [0.29, 0.717) is 0 Å². The fourth-order valence-electron chi connectivity index (χ4n) is 3.32. The zero-order chi connectivity index (χ0) is 33.9. The number of amides is 2. The molecule has 0 aliphatic carbocycles. The number of carbonyl (C=O) groups is 2. The van der Waals surface area contributed by atoms with Gasteiger partial charge in [0.25, 0.3) is 11.8 Å². The Bertz CT molecular complexity index is 1580. The fraction of sp³-hybridized carbons (Fsp3) is 0.429. The van der Waals surface area contributed by atoms with Gasteiger partial charge in [0.1, 0.15) is 19.7 Å². The van der Waals surface area contributed by atoms with Crippen molar-refractivity contribution in [3.8, 4) is 0 Å². The summed E-state index contributed by atoms with van der Waals surface area (Å²) in [5.41, 5.74) is 32.7. The first-order chi connectivity index (χ1) is 20.9. The molecule has 45 heavy (non-hydrogen) atoms. The molecule has 0 aliphatic rings. The molecular weight excluding hydrogens is 679 g/mol. The van der Waals surface area contributed by atoms with Gasteiger partial charge in [-0.25, -0.2) is 36.8 Å². The van der Waals surface area contributed by atoms with E-state index in [1.165, 1.54) is 0 Å². The number of nitrogens with zero attached hydrogens (tertiary/aromatic N) is 6. The second-order valence-electron chi connectivity index (χ2n) is 9.07. The van der Waals surface area contributed by atoms with Crippen LogP contribution in [0.15, 0.2) is 9.98 Å². The maximum absolute atomic E-state index is 12.3. The summed E-state index contributed by atoms with van der Waals surface area (Å²) in [6.45, 7) is -0.0994. The summed E-state index contributed by atoms with van der Waals surface area (Å²) in [6.07, 6.45) is -0.00357. The quantitative estimate of drug-likeness (QED) is 0.0579. The first kappa shape index (κ1) is 36.9. The molecule has 0 radical (unpaired) electrons. The number of anilines is 4. The highest BCUT2D eigenvalue weighted by Gasteiger charge is 2.19. The van der Waals surface area contributed by atoms with Gasteiger partial charge in [-0.05, 0) is 19.3 Å². The molecular formula is C21H32Cl2N14O6S2. The molecule has 14 N–H and O–H groups in total. The molecule has 2 amide bonds. The Balaban J connectivity index is 1.71. The number of hydrogen-bond donors (Lipinski definition) is 8. The van der Waals surface area contributed by atoms with E-state index in [-0.39, 0.29) is 112 Å². The standard InChI is InChI=1S/C21H32Cl2N14O6S2/c22-12-16(26)34-14(24)10(32-12)18(38)36-20(28)30-4-1-6-44(40,41)8-3-9-45(42,43)7-2-5-31-21(29)37-19(39)11-15(25)35-17(27)13(23)33-11/h1-9H2,(H4,24,26,34)(H4,25,27,35)(H3,28,30,36,38)(H3,29,31,37,39). The highest BCUT2D eigenvalue weighted by atomic mass is 35.5. The van der Waals surface area contributed by atoms with E-state index in [1.807, 2.05) is 0 Å². The molecule has 0 saturated carbocycles. The molecule has 0 saturated heterocycles. The van der Waals surface area contributed by atoms with Crippen molar-refractivity contribution in [3.63, 3.8) is 0 Å². The van der Waals surface area contributed by atoms with E-state index >= 15 is 0 Å². The van der Waals surface area contributed by atoms with E-state index in [4.69, 9.17) is 57.6 Å². The number of aromatic nitrogens is 4. The number of halogens is 2. The molecule has 2 aromatic heterocycles. The Morgan fingerprint density at radius 1 is 0.600 bits per heavy atom. The van der Waals surface area contributed by atoms with Crippen molar-refractivity contribution in [2.75, 3.05) is 59.0 Å². The predicted octanol–water partition coefficient (Wildman–Crippen LogP) is -2.31. The highest BCUT2D eigenvalue weighted by Crippen LogP contribution is 2.18. The zero-order valence-electron chi connectivity index (χ0n) is 23.5. The summed E-state index contributed by atoms with van der Waals surface area (Å²) in [7, 11) is -7.19. The molecule has 20 nitrogen and oxygen atoms in total. The average molecular weight is 712 g/mol. The second-order valence-corrected chi connectivity index (χ2v) is 14.4. The minimum atomic E-state index is -3.60. The molecule has 0 bridgehead atoms. The van der Waals surface area contributed by atoms with E-state index in [9.17, 15) is 26.4 Å². The van der Waals surface area contributed by atoms with E-state index < -0.39 is 31.5 Å². The largest absolute Gasteiger partial charge is 0.382 e. The summed E-state index contributed by atoms with van der Waals surface area (Å²) in [5, 5.41) is 3.98. The number of aliphatic imine (C=N–C) groups is 2. The maximum atomic E-state index is 12.3. The lowest BCUT2D eigenvalue weighted by molar-refractivity contribution is 0.0964. The van der Waals surface area contributed by atoms with E-state index in [1.54, 1.807) is 0 Å². The van der Waals surface area contributed by atoms with Crippen LogP contribution in [0.25, 0.3) is 0 Å². The molecule has 0 unspecified atom stereocenters. The van der Waals surface area contributed by atoms with Gasteiger partial charge < -0.3 is 34.4 Å². The van der Waals surface area contributed by atoms with Crippen LogP contribution in [-0.4, -0.2) is 96.6 Å². The summed E-state index contributed by atoms with van der Waals surface area (Å²) in [5.74, 6) is -4.52. The maximum Gasteiger partial charge on any atom is 0.280 e. The van der Waals surface area contributed by atoms with Gasteiger partial charge in [-0.15, -0.1) is 0 Å². The normalized spacial score (nSPS) is 12.6. The third kappa shape index (κ3) is 12.3. The van der Waals surface area contributed by atoms with Crippen LogP contribution >= 0.6 is 23.2 Å². The van der Waals surface area contributed by atoms with Gasteiger partial charge in [-0.1, -0.05) is 23.2 Å². The van der Waals surface area contributed by atoms with Gasteiger partial charge in [-0.3, -0.25) is 30.2 Å². The number of sulfone groups is 2. The number of carbonyl (C=O) groups excluding carboxylic acids is 2. The molecule has 0 aliphatic heterocycles. The van der Waals surface area contributed by atoms with Crippen LogP contribution in [0.1, 0.15) is 40.2 Å². The molecule has 2 rings (SSSR count). The third-order valence-corrected chi connectivity index (χ3v) is 9.62. The Morgan fingerprint density at radius 2 is 0.933 bits per heavy atom. The van der Waals surface area contributed by atoms with Gasteiger partial charge in [0, 0.05) is 13.1 Å². The van der Waals surface area contributed by atoms with Crippen molar-refractivity contribution in [3.05, 3.63) is 21.7 Å². The molecule has 2 heterocycles. The van der Waals surface area contributed by atoms with Gasteiger partial charge in [0.05, 0.1) is 23.0 Å². The molecule has 0 aromatic carbocycles. The predicted molar refractivity (Wildman–Crippen MR) is 171 cm³/mol. The first-order valence-electron chi connectivity index (χ1n) is 12.7. The number of rotatable bonds is 14. The third-order valence-electron chi connectivity index (χ3n) is 5.42. The SMILES string of the molecule is NC(=NCCCS(=O)(=O)CCCS(=O)(=O)CCCN=C(N)NC(=O)c1nc(Cl)c(N)nc1N)NC(=O)c1nc(Cl)c(N)nc1N. The molecule has 2 aromatic rings. The van der Waals surface area contributed by atoms with Crippen molar-refractivity contribution in [2.24, 2.45) is 21.5 Å². The van der Waals surface area contributed by atoms with Gasteiger partial charge in [-0.2, -0.15) is 0 Å². The van der Waals surface area contributed by atoms with E-state index in [0.717, 1.165) is 0 Å². The molecule has 0 spiro atoms. The summed E-state index contributed by atoms with van der Waals surface area (Å²) in [4.78, 5) is 47.0. The second kappa shape index (κ2) is 16.2. The molecule has 248 valence electrons. The summed E-state index contributed by atoms with van der Waals surface area (Å²) >= 11 is 11.5. The first-order valence-corrected chi connectivity index (χ1v) is 17.1. The van der Waals surface area contributed by atoms with Crippen LogP contribution in [0.5, 0.6) is 0 Å². The van der Waals surface area contributed by atoms with Crippen LogP contribution < -0.4 is 45.0 Å². The highest BCUT2D eigenvalue weighted by molar-refractivity contribution is 7.92. The van der Waals surface area contributed by atoms with Crippen LogP contribution in [0.2, 0.25) is 10.3 Å². The molecule has 24 heteroatoms. The van der Waals surface area contributed by atoms with E-state index in [2.05, 4.69) is 40.6 Å². The zero-order valence-corrected chi connectivity index (χ0v) is 26.7. The average Bonchev–Trinajstić information content (AvgIpc) is 2.92. The minimum Gasteiger partial charge on any atom is -0.382 e. The summed E-state index contributed by atoms with van der Waals surface area (Å²) < 4.78 is 49.2.